The minimum absolute atomic E-state index is 0.619. The van der Waals surface area contributed by atoms with Gasteiger partial charge in [0.05, 0.1) is 0 Å². The summed E-state index contributed by atoms with van der Waals surface area (Å²) in [6.45, 7) is 2.05. The molecule has 0 amide bonds. The summed E-state index contributed by atoms with van der Waals surface area (Å²) in [5, 5.41) is 5.74. The molecular weight excluding hydrogens is 426 g/mol. The Hall–Kier alpha value is -2.00. The van der Waals surface area contributed by atoms with Gasteiger partial charge in [0.25, 0.3) is 0 Å². The molecule has 0 spiro atoms. The molecule has 32 heavy (non-hydrogen) atoms. The zero-order chi connectivity index (χ0) is 22.2. The molecule has 0 saturated carbocycles. The summed E-state index contributed by atoms with van der Waals surface area (Å²) in [5.41, 5.74) is 6.74. The lowest BCUT2D eigenvalue weighted by Crippen LogP contribution is -2.29. The van der Waals surface area contributed by atoms with Gasteiger partial charge in [-0.1, -0.05) is 84.3 Å². The van der Waals surface area contributed by atoms with E-state index in [0.717, 1.165) is 38.8 Å². The standard InChI is InChI=1S/C28H32N2P2/c1-29(2)23-24-30(31(25-15-7-3-8-16-25)26-17-9-4-10-18-26)32(27-19-11-5-12-20-27)28-21-13-6-14-22-28/h3-5,7-9,11,13,15-17,19,21-22H,6,10,14,18,23-24H2,1-2H3. The Kier molecular flexibility index (Phi) is 8.50. The predicted molar refractivity (Wildman–Crippen MR) is 142 cm³/mol. The van der Waals surface area contributed by atoms with Gasteiger partial charge in [0, 0.05) is 34.5 Å². The first-order chi connectivity index (χ1) is 15.7. The van der Waals surface area contributed by atoms with E-state index in [0.29, 0.717) is 0 Å². The summed E-state index contributed by atoms with van der Waals surface area (Å²) in [6.07, 6.45) is 25.0. The quantitative estimate of drug-likeness (QED) is 0.285. The molecule has 0 radical (unpaired) electrons. The molecule has 4 heteroatoms. The van der Waals surface area contributed by atoms with E-state index in [1.54, 1.807) is 5.31 Å². The van der Waals surface area contributed by atoms with Gasteiger partial charge in [-0.25, -0.2) is 4.44 Å². The van der Waals surface area contributed by atoms with Crippen LogP contribution in [0.25, 0.3) is 0 Å². The fourth-order valence-corrected chi connectivity index (χ4v) is 10.2. The van der Waals surface area contributed by atoms with Gasteiger partial charge in [-0.3, -0.25) is 0 Å². The molecule has 4 rings (SSSR count). The summed E-state index contributed by atoms with van der Waals surface area (Å²) in [6, 6.07) is 11.2. The second-order valence-electron chi connectivity index (χ2n) is 8.27. The average Bonchev–Trinajstić information content (AvgIpc) is 2.85. The third-order valence-electron chi connectivity index (χ3n) is 5.56. The van der Waals surface area contributed by atoms with Crippen molar-refractivity contribution in [2.24, 2.45) is 0 Å². The number of hydrogen-bond donors (Lipinski definition) is 0. The summed E-state index contributed by atoms with van der Waals surface area (Å²) in [4.78, 5) is 2.31. The number of likely N-dealkylation sites (N-methyl/N-ethyl adjacent to an activating group) is 1. The number of benzene rings is 1. The molecule has 1 aromatic carbocycles. The first kappa shape index (κ1) is 23.2. The highest BCUT2D eigenvalue weighted by molar-refractivity contribution is 7.80. The van der Waals surface area contributed by atoms with Crippen molar-refractivity contribution in [1.29, 1.82) is 0 Å². The van der Waals surface area contributed by atoms with Crippen LogP contribution in [0.5, 0.6) is 0 Å². The molecule has 0 saturated heterocycles. The normalized spacial score (nSPS) is 19.2. The van der Waals surface area contributed by atoms with E-state index in [1.807, 2.05) is 6.08 Å². The Labute approximate surface area is 196 Å². The molecule has 0 N–H and O–H groups in total. The minimum atomic E-state index is -0.698. The van der Waals surface area contributed by atoms with Crippen LogP contribution in [0.3, 0.4) is 0 Å². The Morgan fingerprint density at radius 1 is 0.906 bits per heavy atom. The Bertz CT molecular complexity index is 1050. The highest BCUT2D eigenvalue weighted by atomic mass is 31.2. The van der Waals surface area contributed by atoms with Crippen LogP contribution in [0.15, 0.2) is 112 Å². The van der Waals surface area contributed by atoms with Crippen LogP contribution in [-0.4, -0.2) is 36.5 Å². The van der Waals surface area contributed by atoms with Crippen LogP contribution in [0.1, 0.15) is 25.7 Å². The van der Waals surface area contributed by atoms with Crippen LogP contribution in [0.2, 0.25) is 0 Å². The maximum absolute atomic E-state index is 3.49. The SMILES string of the molecule is CN(C)CCN(P(C1=C=C=CC=C1)C1=CCCC=C1)P(C1=CC=CCC1)c1ccccc1. The summed E-state index contributed by atoms with van der Waals surface area (Å²) >= 11 is 0. The molecule has 0 bridgehead atoms. The lowest BCUT2D eigenvalue weighted by atomic mass is 10.2. The van der Waals surface area contributed by atoms with E-state index in [2.05, 4.69) is 114 Å². The van der Waals surface area contributed by atoms with Gasteiger partial charge in [0.15, 0.2) is 0 Å². The lowest BCUT2D eigenvalue weighted by molar-refractivity contribution is 0.394. The van der Waals surface area contributed by atoms with Gasteiger partial charge in [-0.2, -0.15) is 0 Å². The maximum Gasteiger partial charge on any atom is 0.0456 e. The molecule has 2 atom stereocenters. The molecule has 0 fully saturated rings. The number of rotatable bonds is 9. The maximum atomic E-state index is 3.49. The van der Waals surface area contributed by atoms with Gasteiger partial charge in [-0.05, 0) is 67.9 Å². The smallest absolute Gasteiger partial charge is 0.0456 e. The number of allylic oxidation sites excluding steroid dienone is 12. The van der Waals surface area contributed by atoms with Crippen LogP contribution < -0.4 is 5.30 Å². The fraction of sp³-hybridized carbons (Fsp3) is 0.286. The van der Waals surface area contributed by atoms with Crippen molar-refractivity contribution in [3.63, 3.8) is 0 Å². The first-order valence-electron chi connectivity index (χ1n) is 11.4. The van der Waals surface area contributed by atoms with Crippen molar-refractivity contribution in [2.45, 2.75) is 25.7 Å². The molecule has 3 aliphatic carbocycles. The van der Waals surface area contributed by atoms with Gasteiger partial charge in [0.1, 0.15) is 0 Å². The number of nitrogens with zero attached hydrogens (tertiary/aromatic N) is 2. The second kappa shape index (κ2) is 11.7. The van der Waals surface area contributed by atoms with Crippen molar-refractivity contribution in [1.82, 2.24) is 9.34 Å². The van der Waals surface area contributed by atoms with Crippen LogP contribution in [0, 0.1) is 0 Å². The van der Waals surface area contributed by atoms with Crippen molar-refractivity contribution in [3.8, 4) is 0 Å². The highest BCUT2D eigenvalue weighted by Crippen LogP contribution is 2.68. The van der Waals surface area contributed by atoms with Gasteiger partial charge >= 0.3 is 0 Å². The Morgan fingerprint density at radius 3 is 2.44 bits per heavy atom. The summed E-state index contributed by atoms with van der Waals surface area (Å²) in [7, 11) is 3.04. The third-order valence-corrected chi connectivity index (χ3v) is 11.2. The molecular formula is C28H32N2P2. The van der Waals surface area contributed by atoms with Crippen LogP contribution in [0.4, 0.5) is 0 Å². The Morgan fingerprint density at radius 2 is 1.78 bits per heavy atom. The second-order valence-corrected chi connectivity index (χ2v) is 12.9. The molecule has 2 unspecified atom stereocenters. The predicted octanol–water partition coefficient (Wildman–Crippen LogP) is 7.20. The van der Waals surface area contributed by atoms with Gasteiger partial charge < -0.3 is 4.90 Å². The summed E-state index contributed by atoms with van der Waals surface area (Å²) in [5.74, 6) is 0. The molecule has 1 aromatic rings. The van der Waals surface area contributed by atoms with Crippen molar-refractivity contribution in [2.75, 3.05) is 27.2 Å². The fourth-order valence-electron chi connectivity index (χ4n) is 3.98. The van der Waals surface area contributed by atoms with E-state index < -0.39 is 16.1 Å². The highest BCUT2D eigenvalue weighted by Gasteiger charge is 2.34. The zero-order valence-corrected chi connectivity index (χ0v) is 20.9. The topological polar surface area (TPSA) is 6.48 Å². The number of hydrogen-bond acceptors (Lipinski definition) is 2. The van der Waals surface area contributed by atoms with Gasteiger partial charge in [-0.15, -0.1) is 0 Å². The summed E-state index contributed by atoms with van der Waals surface area (Å²) < 4.78 is 2.83. The van der Waals surface area contributed by atoms with Crippen LogP contribution in [-0.2, 0) is 0 Å². The van der Waals surface area contributed by atoms with Crippen molar-refractivity contribution in [3.05, 3.63) is 112 Å². The monoisotopic (exact) mass is 458 g/mol. The molecule has 3 aliphatic rings. The first-order valence-corrected chi connectivity index (χ1v) is 14.0. The van der Waals surface area contributed by atoms with E-state index in [1.165, 1.54) is 15.9 Å². The molecule has 164 valence electrons. The van der Waals surface area contributed by atoms with Gasteiger partial charge in [0.2, 0.25) is 0 Å². The van der Waals surface area contributed by atoms with E-state index in [-0.39, 0.29) is 0 Å². The molecule has 0 aliphatic heterocycles. The van der Waals surface area contributed by atoms with Crippen LogP contribution >= 0.6 is 16.1 Å². The third kappa shape index (κ3) is 5.86. The minimum Gasteiger partial charge on any atom is -0.308 e. The lowest BCUT2D eigenvalue weighted by Gasteiger charge is -2.41. The zero-order valence-electron chi connectivity index (χ0n) is 19.1. The molecule has 0 aromatic heterocycles. The van der Waals surface area contributed by atoms with Crippen molar-refractivity contribution < 1.29 is 0 Å². The van der Waals surface area contributed by atoms with E-state index in [9.17, 15) is 0 Å². The van der Waals surface area contributed by atoms with Crippen molar-refractivity contribution >= 4 is 21.4 Å². The molecule has 2 nitrogen and oxygen atoms in total. The average molecular weight is 459 g/mol. The largest absolute Gasteiger partial charge is 0.308 e. The van der Waals surface area contributed by atoms with E-state index >= 15 is 0 Å². The molecule has 0 heterocycles. The Balaban J connectivity index is 1.86. The van der Waals surface area contributed by atoms with E-state index in [4.69, 9.17) is 0 Å².